The van der Waals surface area contributed by atoms with Crippen LogP contribution >= 0.6 is 22.9 Å². The van der Waals surface area contributed by atoms with Crippen LogP contribution in [0.1, 0.15) is 21.6 Å². The Bertz CT molecular complexity index is 1090. The highest BCUT2D eigenvalue weighted by Gasteiger charge is 2.17. The Kier molecular flexibility index (Phi) is 6.15. The molecule has 1 aromatic heterocycles. The number of halogens is 1. The standard InChI is InChI=1S/C21H18ClN3O4S/c22-15-3-1-2-13(8-15)6-7-23-19(26)10-16-11-30-21(24-16)25-20(27)14-4-5-17-18(9-14)29-12-28-17/h1-5,8-9,11H,6-7,10,12H2,(H,23,26)(H,24,25,27). The minimum Gasteiger partial charge on any atom is -0.454 e. The van der Waals surface area contributed by atoms with Crippen molar-refractivity contribution in [1.82, 2.24) is 10.3 Å². The number of anilines is 1. The zero-order chi connectivity index (χ0) is 20.9. The Labute approximate surface area is 182 Å². The number of fused-ring (bicyclic) bond motifs is 1. The van der Waals surface area contributed by atoms with E-state index in [0.29, 0.717) is 45.9 Å². The second-order valence-electron chi connectivity index (χ2n) is 6.57. The van der Waals surface area contributed by atoms with Crippen LogP contribution in [0.2, 0.25) is 5.02 Å². The molecule has 0 bridgehead atoms. The first-order valence-corrected chi connectivity index (χ1v) is 10.5. The number of thiazole rings is 1. The van der Waals surface area contributed by atoms with Crippen LogP contribution in [-0.2, 0) is 17.6 Å². The fraction of sp³-hybridized carbons (Fsp3) is 0.190. The number of benzene rings is 2. The summed E-state index contributed by atoms with van der Waals surface area (Å²) < 4.78 is 10.5. The van der Waals surface area contributed by atoms with E-state index in [0.717, 1.165) is 5.56 Å². The first kappa shape index (κ1) is 20.2. The van der Waals surface area contributed by atoms with Gasteiger partial charge in [-0.15, -0.1) is 11.3 Å². The Balaban J connectivity index is 1.26. The highest BCUT2D eigenvalue weighted by molar-refractivity contribution is 7.14. The molecule has 1 aliphatic heterocycles. The molecular formula is C21H18ClN3O4S. The monoisotopic (exact) mass is 443 g/mol. The summed E-state index contributed by atoms with van der Waals surface area (Å²) in [7, 11) is 0. The summed E-state index contributed by atoms with van der Waals surface area (Å²) in [6.45, 7) is 0.661. The van der Waals surface area contributed by atoms with Gasteiger partial charge in [-0.1, -0.05) is 23.7 Å². The molecular weight excluding hydrogens is 426 g/mol. The lowest BCUT2D eigenvalue weighted by Crippen LogP contribution is -2.27. The zero-order valence-corrected chi connectivity index (χ0v) is 17.4. The molecule has 30 heavy (non-hydrogen) atoms. The summed E-state index contributed by atoms with van der Waals surface area (Å²) >= 11 is 7.23. The van der Waals surface area contributed by atoms with Crippen molar-refractivity contribution in [2.24, 2.45) is 0 Å². The number of hydrogen-bond donors (Lipinski definition) is 2. The SMILES string of the molecule is O=C(Cc1csc(NC(=O)c2ccc3c(c2)OCO3)n1)NCCc1cccc(Cl)c1. The molecule has 0 spiro atoms. The van der Waals surface area contributed by atoms with Gasteiger partial charge in [0.05, 0.1) is 12.1 Å². The highest BCUT2D eigenvalue weighted by Crippen LogP contribution is 2.32. The van der Waals surface area contributed by atoms with Crippen molar-refractivity contribution in [3.63, 3.8) is 0 Å². The smallest absolute Gasteiger partial charge is 0.257 e. The Hall–Kier alpha value is -3.10. The lowest BCUT2D eigenvalue weighted by molar-refractivity contribution is -0.120. The van der Waals surface area contributed by atoms with E-state index in [2.05, 4.69) is 15.6 Å². The average molecular weight is 444 g/mol. The van der Waals surface area contributed by atoms with Crippen molar-refractivity contribution >= 4 is 39.9 Å². The first-order valence-electron chi connectivity index (χ1n) is 9.23. The topological polar surface area (TPSA) is 89.6 Å². The van der Waals surface area contributed by atoms with Crippen molar-refractivity contribution in [2.75, 3.05) is 18.7 Å². The van der Waals surface area contributed by atoms with E-state index < -0.39 is 0 Å². The van der Waals surface area contributed by atoms with Crippen molar-refractivity contribution in [3.8, 4) is 11.5 Å². The lowest BCUT2D eigenvalue weighted by Gasteiger charge is -2.05. The van der Waals surface area contributed by atoms with Crippen LogP contribution in [0.15, 0.2) is 47.8 Å². The highest BCUT2D eigenvalue weighted by atomic mass is 35.5. The summed E-state index contributed by atoms with van der Waals surface area (Å²) in [6, 6.07) is 12.5. The van der Waals surface area contributed by atoms with Gasteiger partial charge in [-0.2, -0.15) is 0 Å². The van der Waals surface area contributed by atoms with Gasteiger partial charge in [0.1, 0.15) is 0 Å². The summed E-state index contributed by atoms with van der Waals surface area (Å²) in [5.74, 6) is 0.720. The summed E-state index contributed by atoms with van der Waals surface area (Å²) in [4.78, 5) is 28.9. The van der Waals surface area contributed by atoms with Crippen LogP contribution in [0.25, 0.3) is 0 Å². The second kappa shape index (κ2) is 9.15. The van der Waals surface area contributed by atoms with E-state index in [1.54, 1.807) is 23.6 Å². The van der Waals surface area contributed by atoms with Crippen LogP contribution in [-0.4, -0.2) is 30.1 Å². The molecule has 0 saturated carbocycles. The van der Waals surface area contributed by atoms with Crippen LogP contribution < -0.4 is 20.1 Å². The first-order chi connectivity index (χ1) is 14.6. The van der Waals surface area contributed by atoms with E-state index >= 15 is 0 Å². The molecule has 0 atom stereocenters. The zero-order valence-electron chi connectivity index (χ0n) is 15.8. The molecule has 2 amide bonds. The predicted molar refractivity (Wildman–Crippen MR) is 115 cm³/mol. The number of carbonyl (C=O) groups is 2. The Morgan fingerprint density at radius 2 is 2.00 bits per heavy atom. The summed E-state index contributed by atoms with van der Waals surface area (Å²) in [6.07, 6.45) is 0.839. The fourth-order valence-electron chi connectivity index (χ4n) is 2.92. The van der Waals surface area contributed by atoms with Gasteiger partial charge in [0.25, 0.3) is 5.91 Å². The molecule has 1 aliphatic rings. The van der Waals surface area contributed by atoms with Crippen molar-refractivity contribution in [1.29, 1.82) is 0 Å². The van der Waals surface area contributed by atoms with Crippen molar-refractivity contribution in [2.45, 2.75) is 12.8 Å². The number of nitrogens with one attached hydrogen (secondary N) is 2. The van der Waals surface area contributed by atoms with Crippen LogP contribution in [0.3, 0.4) is 0 Å². The number of amides is 2. The molecule has 3 aromatic rings. The maximum absolute atomic E-state index is 12.4. The molecule has 0 radical (unpaired) electrons. The number of carbonyl (C=O) groups excluding carboxylic acids is 2. The molecule has 154 valence electrons. The van der Waals surface area contributed by atoms with E-state index in [9.17, 15) is 9.59 Å². The molecule has 2 aromatic carbocycles. The quantitative estimate of drug-likeness (QED) is 0.581. The average Bonchev–Trinajstić information content (AvgIpc) is 3.36. The molecule has 0 unspecified atom stereocenters. The normalized spacial score (nSPS) is 11.9. The molecule has 9 heteroatoms. The number of hydrogen-bond acceptors (Lipinski definition) is 6. The van der Waals surface area contributed by atoms with Crippen molar-refractivity contribution in [3.05, 3.63) is 69.7 Å². The minimum atomic E-state index is -0.305. The molecule has 7 nitrogen and oxygen atoms in total. The molecule has 2 N–H and O–H groups in total. The molecule has 4 rings (SSSR count). The lowest BCUT2D eigenvalue weighted by atomic mass is 10.1. The van der Waals surface area contributed by atoms with Crippen LogP contribution in [0.5, 0.6) is 11.5 Å². The van der Waals surface area contributed by atoms with E-state index in [-0.39, 0.29) is 25.0 Å². The molecule has 0 fully saturated rings. The fourth-order valence-corrected chi connectivity index (χ4v) is 3.84. The summed E-state index contributed by atoms with van der Waals surface area (Å²) in [5, 5.41) is 8.47. The van der Waals surface area contributed by atoms with E-state index in [4.69, 9.17) is 21.1 Å². The number of ether oxygens (including phenoxy) is 2. The Morgan fingerprint density at radius 3 is 2.87 bits per heavy atom. The van der Waals surface area contributed by atoms with Gasteiger partial charge in [0, 0.05) is 22.5 Å². The summed E-state index contributed by atoms with van der Waals surface area (Å²) in [5.41, 5.74) is 2.10. The largest absolute Gasteiger partial charge is 0.454 e. The van der Waals surface area contributed by atoms with Gasteiger partial charge < -0.3 is 14.8 Å². The van der Waals surface area contributed by atoms with Crippen molar-refractivity contribution < 1.29 is 19.1 Å². The second-order valence-corrected chi connectivity index (χ2v) is 7.87. The molecule has 0 saturated heterocycles. The van der Waals surface area contributed by atoms with Gasteiger partial charge in [-0.25, -0.2) is 4.98 Å². The van der Waals surface area contributed by atoms with E-state index in [1.807, 2.05) is 24.3 Å². The van der Waals surface area contributed by atoms with Gasteiger partial charge in [0.15, 0.2) is 16.6 Å². The van der Waals surface area contributed by atoms with Crippen LogP contribution in [0, 0.1) is 0 Å². The number of aromatic nitrogens is 1. The molecule has 2 heterocycles. The van der Waals surface area contributed by atoms with Gasteiger partial charge >= 0.3 is 0 Å². The maximum atomic E-state index is 12.4. The number of rotatable bonds is 7. The third-order valence-corrected chi connectivity index (χ3v) is 5.42. The van der Waals surface area contributed by atoms with E-state index in [1.165, 1.54) is 11.3 Å². The third-order valence-electron chi connectivity index (χ3n) is 4.37. The third kappa shape index (κ3) is 5.08. The van der Waals surface area contributed by atoms with Gasteiger partial charge in [0.2, 0.25) is 12.7 Å². The molecule has 0 aliphatic carbocycles. The Morgan fingerprint density at radius 1 is 1.13 bits per heavy atom. The maximum Gasteiger partial charge on any atom is 0.257 e. The predicted octanol–water partition coefficient (Wildman–Crippen LogP) is 3.68. The van der Waals surface area contributed by atoms with Gasteiger partial charge in [-0.3, -0.25) is 14.9 Å². The number of nitrogens with zero attached hydrogens (tertiary/aromatic N) is 1. The van der Waals surface area contributed by atoms with Crippen LogP contribution in [0.4, 0.5) is 5.13 Å². The minimum absolute atomic E-state index is 0.129. The van der Waals surface area contributed by atoms with Gasteiger partial charge in [-0.05, 0) is 42.3 Å².